The fourth-order valence-electron chi connectivity index (χ4n) is 1.84. The fraction of sp³-hybridized carbons (Fsp3) is 0.125. The molecule has 2 aromatic rings. The number of anilines is 2. The molecule has 0 aliphatic carbocycles. The molecule has 0 aromatic heterocycles. The number of rotatable bonds is 4. The van der Waals surface area contributed by atoms with Crippen LogP contribution in [0.1, 0.15) is 12.0 Å². The van der Waals surface area contributed by atoms with Gasteiger partial charge in [0.1, 0.15) is 6.42 Å². The third-order valence-corrected chi connectivity index (χ3v) is 3.51. The van der Waals surface area contributed by atoms with E-state index in [0.29, 0.717) is 21.4 Å². The number of para-hydroxylation sites is 1. The zero-order chi connectivity index (χ0) is 16.1. The largest absolute Gasteiger partial charge is 0.325 e. The maximum absolute atomic E-state index is 11.9. The van der Waals surface area contributed by atoms with Crippen LogP contribution < -0.4 is 10.6 Å². The number of hydrogen-bond donors (Lipinski definition) is 2. The Morgan fingerprint density at radius 2 is 1.59 bits per heavy atom. The van der Waals surface area contributed by atoms with Gasteiger partial charge in [-0.1, -0.05) is 41.4 Å². The highest BCUT2D eigenvalue weighted by Crippen LogP contribution is 2.25. The molecule has 2 rings (SSSR count). The maximum Gasteiger partial charge on any atom is 0.233 e. The molecule has 22 heavy (non-hydrogen) atoms. The zero-order valence-electron chi connectivity index (χ0n) is 11.8. The minimum absolute atomic E-state index is 0.308. The van der Waals surface area contributed by atoms with Crippen LogP contribution in [0.15, 0.2) is 42.5 Å². The molecule has 2 amide bonds. The average molecular weight is 337 g/mol. The van der Waals surface area contributed by atoms with Crippen molar-refractivity contribution >= 4 is 46.4 Å². The second-order valence-electron chi connectivity index (χ2n) is 4.71. The van der Waals surface area contributed by atoms with Crippen molar-refractivity contribution in [2.24, 2.45) is 0 Å². The number of halogens is 2. The van der Waals surface area contributed by atoms with Crippen LogP contribution in [0.2, 0.25) is 10.0 Å². The first-order valence-electron chi connectivity index (χ1n) is 6.56. The van der Waals surface area contributed by atoms with Crippen molar-refractivity contribution in [3.05, 3.63) is 58.1 Å². The van der Waals surface area contributed by atoms with Gasteiger partial charge in [-0.2, -0.15) is 0 Å². The van der Waals surface area contributed by atoms with Gasteiger partial charge in [-0.3, -0.25) is 9.59 Å². The average Bonchev–Trinajstić information content (AvgIpc) is 2.45. The molecule has 4 nitrogen and oxygen atoms in total. The number of carbonyl (C=O) groups is 2. The van der Waals surface area contributed by atoms with E-state index >= 15 is 0 Å². The predicted octanol–water partition coefficient (Wildman–Crippen LogP) is 4.27. The number of amides is 2. The van der Waals surface area contributed by atoms with Crippen molar-refractivity contribution < 1.29 is 9.59 Å². The fourth-order valence-corrected chi connectivity index (χ4v) is 2.18. The molecule has 0 bridgehead atoms. The Morgan fingerprint density at radius 3 is 2.27 bits per heavy atom. The molecule has 0 radical (unpaired) electrons. The van der Waals surface area contributed by atoms with Crippen LogP contribution in [0.5, 0.6) is 0 Å². The van der Waals surface area contributed by atoms with Crippen LogP contribution in [0.4, 0.5) is 11.4 Å². The Hall–Kier alpha value is -2.04. The highest BCUT2D eigenvalue weighted by molar-refractivity contribution is 6.35. The maximum atomic E-state index is 11.9. The third kappa shape index (κ3) is 4.48. The van der Waals surface area contributed by atoms with Gasteiger partial charge >= 0.3 is 0 Å². The minimum atomic E-state index is -0.463. The molecule has 2 aromatic carbocycles. The molecule has 0 unspecified atom stereocenters. The van der Waals surface area contributed by atoms with Crippen LogP contribution in [0.3, 0.4) is 0 Å². The molecule has 0 heterocycles. The summed E-state index contributed by atoms with van der Waals surface area (Å²) < 4.78 is 0. The van der Waals surface area contributed by atoms with Gasteiger partial charge in [-0.15, -0.1) is 0 Å². The molecule has 0 aliphatic rings. The lowest BCUT2D eigenvalue weighted by atomic mass is 10.2. The Morgan fingerprint density at radius 1 is 0.955 bits per heavy atom. The summed E-state index contributed by atoms with van der Waals surface area (Å²) in [5, 5.41) is 6.07. The van der Waals surface area contributed by atoms with Gasteiger partial charge < -0.3 is 10.6 Å². The summed E-state index contributed by atoms with van der Waals surface area (Å²) in [5.41, 5.74) is 1.98. The van der Waals surface area contributed by atoms with E-state index in [0.717, 1.165) is 5.56 Å². The van der Waals surface area contributed by atoms with Crippen LogP contribution in [0, 0.1) is 6.92 Å². The standard InChI is InChI=1S/C16H14Cl2N2O2/c1-10-4-2-3-5-13(10)19-15(21)9-16(22)20-14-8-11(17)6-7-12(14)18/h2-8H,9H2,1H3,(H,19,21)(H,20,22). The van der Waals surface area contributed by atoms with Crippen molar-refractivity contribution in [3.63, 3.8) is 0 Å². The topological polar surface area (TPSA) is 58.2 Å². The van der Waals surface area contributed by atoms with E-state index in [2.05, 4.69) is 10.6 Å². The summed E-state index contributed by atoms with van der Waals surface area (Å²) in [6, 6.07) is 12.1. The third-order valence-electron chi connectivity index (χ3n) is 2.94. The molecular formula is C16H14Cl2N2O2. The summed E-state index contributed by atoms with van der Waals surface area (Å²) in [6.07, 6.45) is -0.308. The number of benzene rings is 2. The van der Waals surface area contributed by atoms with Crippen molar-refractivity contribution in [3.8, 4) is 0 Å². The van der Waals surface area contributed by atoms with Gasteiger partial charge in [0.2, 0.25) is 11.8 Å². The Kier molecular flexibility index (Phi) is 5.41. The van der Waals surface area contributed by atoms with Crippen molar-refractivity contribution in [2.75, 3.05) is 10.6 Å². The highest BCUT2D eigenvalue weighted by Gasteiger charge is 2.12. The highest BCUT2D eigenvalue weighted by atomic mass is 35.5. The molecule has 0 spiro atoms. The second kappa shape index (κ2) is 7.29. The molecule has 0 aliphatic heterocycles. The number of nitrogens with one attached hydrogen (secondary N) is 2. The second-order valence-corrected chi connectivity index (χ2v) is 5.56. The van der Waals surface area contributed by atoms with Crippen molar-refractivity contribution in [1.29, 1.82) is 0 Å². The summed E-state index contributed by atoms with van der Waals surface area (Å²) in [5.74, 6) is -0.861. The van der Waals surface area contributed by atoms with E-state index in [1.807, 2.05) is 25.1 Å². The van der Waals surface area contributed by atoms with E-state index in [4.69, 9.17) is 23.2 Å². The van der Waals surface area contributed by atoms with Crippen LogP contribution in [-0.2, 0) is 9.59 Å². The van der Waals surface area contributed by atoms with Gasteiger partial charge in [0.25, 0.3) is 0 Å². The van der Waals surface area contributed by atoms with Gasteiger partial charge in [0, 0.05) is 10.7 Å². The van der Waals surface area contributed by atoms with E-state index in [-0.39, 0.29) is 6.42 Å². The zero-order valence-corrected chi connectivity index (χ0v) is 13.3. The van der Waals surface area contributed by atoms with E-state index in [1.54, 1.807) is 18.2 Å². The Bertz CT molecular complexity index is 717. The molecule has 0 saturated heterocycles. The summed E-state index contributed by atoms with van der Waals surface area (Å²) >= 11 is 11.8. The lowest BCUT2D eigenvalue weighted by Gasteiger charge is -2.09. The monoisotopic (exact) mass is 336 g/mol. The first-order chi connectivity index (χ1) is 10.5. The van der Waals surface area contributed by atoms with Gasteiger partial charge in [0.15, 0.2) is 0 Å². The van der Waals surface area contributed by atoms with Crippen molar-refractivity contribution in [1.82, 2.24) is 0 Å². The Labute approximate surface area is 138 Å². The number of carbonyl (C=O) groups excluding carboxylic acids is 2. The smallest absolute Gasteiger partial charge is 0.233 e. The molecule has 0 atom stereocenters. The van der Waals surface area contributed by atoms with E-state index in [1.165, 1.54) is 6.07 Å². The normalized spacial score (nSPS) is 10.1. The molecule has 6 heteroatoms. The lowest BCUT2D eigenvalue weighted by molar-refractivity contribution is -0.123. The van der Waals surface area contributed by atoms with Gasteiger partial charge in [-0.25, -0.2) is 0 Å². The Balaban J connectivity index is 1.96. The van der Waals surface area contributed by atoms with Gasteiger partial charge in [-0.05, 0) is 36.8 Å². The predicted molar refractivity (Wildman–Crippen MR) is 89.5 cm³/mol. The van der Waals surface area contributed by atoms with E-state index < -0.39 is 11.8 Å². The number of hydrogen-bond acceptors (Lipinski definition) is 2. The lowest BCUT2D eigenvalue weighted by Crippen LogP contribution is -2.21. The molecular weight excluding hydrogens is 323 g/mol. The molecule has 114 valence electrons. The SMILES string of the molecule is Cc1ccccc1NC(=O)CC(=O)Nc1cc(Cl)ccc1Cl. The quantitative estimate of drug-likeness (QED) is 0.819. The molecule has 0 saturated carbocycles. The molecule has 2 N–H and O–H groups in total. The van der Waals surface area contributed by atoms with Crippen LogP contribution in [0.25, 0.3) is 0 Å². The number of aryl methyl sites for hydroxylation is 1. The van der Waals surface area contributed by atoms with Crippen LogP contribution in [-0.4, -0.2) is 11.8 Å². The first-order valence-corrected chi connectivity index (χ1v) is 7.31. The van der Waals surface area contributed by atoms with Crippen LogP contribution >= 0.6 is 23.2 Å². The van der Waals surface area contributed by atoms with Gasteiger partial charge in [0.05, 0.1) is 10.7 Å². The summed E-state index contributed by atoms with van der Waals surface area (Å²) in [7, 11) is 0. The summed E-state index contributed by atoms with van der Waals surface area (Å²) in [4.78, 5) is 23.8. The van der Waals surface area contributed by atoms with Crippen molar-refractivity contribution in [2.45, 2.75) is 13.3 Å². The minimum Gasteiger partial charge on any atom is -0.325 e. The summed E-state index contributed by atoms with van der Waals surface area (Å²) in [6.45, 7) is 1.88. The first kappa shape index (κ1) is 16.3. The van der Waals surface area contributed by atoms with E-state index in [9.17, 15) is 9.59 Å². The molecule has 0 fully saturated rings.